The molecule has 3 aromatic rings. The fourth-order valence-electron chi connectivity index (χ4n) is 7.11. The maximum absolute atomic E-state index is 14.6. The first-order valence-corrected chi connectivity index (χ1v) is 18.3. The summed E-state index contributed by atoms with van der Waals surface area (Å²) in [6.07, 6.45) is 2.18. The molecule has 47 heavy (non-hydrogen) atoms. The predicted octanol–water partition coefficient (Wildman–Crippen LogP) is 6.98. The van der Waals surface area contributed by atoms with E-state index in [1.165, 1.54) is 0 Å². The van der Waals surface area contributed by atoms with Crippen molar-refractivity contribution >= 4 is 68.2 Å². The molecule has 0 saturated carbocycles. The van der Waals surface area contributed by atoms with Crippen LogP contribution in [0.3, 0.4) is 0 Å². The van der Waals surface area contributed by atoms with Crippen LogP contribution in [-0.4, -0.2) is 38.0 Å². The molecule has 1 saturated heterocycles. The number of fused-ring (bicyclic) bond motifs is 2. The summed E-state index contributed by atoms with van der Waals surface area (Å²) in [5.41, 5.74) is -0.0485. The summed E-state index contributed by atoms with van der Waals surface area (Å²) >= 11 is 19.5. The minimum Gasteiger partial charge on any atom is -0.477 e. The Hall–Kier alpha value is -3.31. The Balaban J connectivity index is 1.79. The van der Waals surface area contributed by atoms with E-state index < -0.39 is 38.9 Å². The van der Waals surface area contributed by atoms with Crippen LogP contribution in [0.5, 0.6) is 5.75 Å². The van der Waals surface area contributed by atoms with Crippen LogP contribution in [0, 0.1) is 6.92 Å². The largest absolute Gasteiger partial charge is 0.477 e. The van der Waals surface area contributed by atoms with Crippen LogP contribution in [0.1, 0.15) is 80.2 Å². The van der Waals surface area contributed by atoms with Gasteiger partial charge in [0.1, 0.15) is 11.2 Å². The summed E-state index contributed by atoms with van der Waals surface area (Å²) in [4.78, 5) is 42.0. The minimum atomic E-state index is -3.92. The third-order valence-electron chi connectivity index (χ3n) is 8.96. The fourth-order valence-corrected chi connectivity index (χ4v) is 8.16. The maximum atomic E-state index is 14.6. The molecule has 1 fully saturated rings. The highest BCUT2D eigenvalue weighted by atomic mass is 35.5. The van der Waals surface area contributed by atoms with E-state index in [1.54, 1.807) is 48.5 Å². The van der Waals surface area contributed by atoms with E-state index in [9.17, 15) is 22.8 Å². The number of hydrogen-bond acceptors (Lipinski definition) is 6. The number of carbonyl (C=O) groups is 3. The van der Waals surface area contributed by atoms with Gasteiger partial charge in [0.2, 0.25) is 21.8 Å². The molecule has 1 spiro atoms. The number of ether oxygens (including phenoxy) is 1. The number of hydrogen-bond donors (Lipinski definition) is 3. The van der Waals surface area contributed by atoms with E-state index in [1.807, 2.05) is 26.8 Å². The molecule has 2 aliphatic rings. The average Bonchev–Trinajstić information content (AvgIpc) is 3.26. The summed E-state index contributed by atoms with van der Waals surface area (Å²) in [6, 6.07) is 14.4. The molecule has 3 aromatic carbocycles. The number of anilines is 1. The normalized spacial score (nSPS) is 20.8. The smallest absolute Gasteiger partial charge is 0.277 e. The first kappa shape index (κ1) is 35.0. The SMILES string of the molecule is CCCC(CCC)(Oc1ccc(Cl)cc1[C@@H]1CC(=O)N[C@H](c2cc(Cl)ccc2C)[C@@]12C(=O)Nc1cc(Cl)ccc12)C(=O)NS(C)(=O)=O. The minimum absolute atomic E-state index is 0.133. The van der Waals surface area contributed by atoms with E-state index in [0.29, 0.717) is 50.3 Å². The van der Waals surface area contributed by atoms with E-state index in [0.717, 1.165) is 11.8 Å². The number of amides is 3. The lowest BCUT2D eigenvalue weighted by atomic mass is 9.59. The molecule has 0 aliphatic carbocycles. The Labute approximate surface area is 289 Å². The van der Waals surface area contributed by atoms with Crippen LogP contribution in [0.2, 0.25) is 15.1 Å². The Morgan fingerprint density at radius 2 is 1.55 bits per heavy atom. The third-order valence-corrected chi connectivity index (χ3v) is 10.2. The number of piperidine rings is 1. The van der Waals surface area contributed by atoms with Crippen molar-refractivity contribution in [2.45, 2.75) is 75.9 Å². The molecule has 250 valence electrons. The van der Waals surface area contributed by atoms with Gasteiger partial charge in [-0.25, -0.2) is 13.1 Å². The molecule has 3 atom stereocenters. The van der Waals surface area contributed by atoms with Crippen LogP contribution in [0.25, 0.3) is 0 Å². The molecule has 9 nitrogen and oxygen atoms in total. The molecule has 3 amide bonds. The Kier molecular flexibility index (Phi) is 9.91. The first-order chi connectivity index (χ1) is 22.1. The van der Waals surface area contributed by atoms with Gasteiger partial charge in [-0.3, -0.25) is 14.4 Å². The second-order valence-electron chi connectivity index (χ2n) is 12.3. The van der Waals surface area contributed by atoms with Crippen molar-refractivity contribution in [2.24, 2.45) is 0 Å². The number of sulfonamides is 1. The quantitative estimate of drug-likeness (QED) is 0.207. The van der Waals surface area contributed by atoms with Crippen molar-refractivity contribution in [1.82, 2.24) is 10.0 Å². The molecule has 2 heterocycles. The van der Waals surface area contributed by atoms with Gasteiger partial charge in [0.05, 0.1) is 12.3 Å². The molecule has 0 bridgehead atoms. The van der Waals surface area contributed by atoms with Gasteiger partial charge in [-0.2, -0.15) is 0 Å². The number of nitrogens with one attached hydrogen (secondary N) is 3. The van der Waals surface area contributed by atoms with Crippen LogP contribution in [0.4, 0.5) is 5.69 Å². The van der Waals surface area contributed by atoms with Gasteiger partial charge in [0.25, 0.3) is 5.91 Å². The molecule has 13 heteroatoms. The lowest BCUT2D eigenvalue weighted by Gasteiger charge is -2.47. The van der Waals surface area contributed by atoms with Crippen molar-refractivity contribution in [3.63, 3.8) is 0 Å². The topological polar surface area (TPSA) is 131 Å². The second-order valence-corrected chi connectivity index (χ2v) is 15.3. The van der Waals surface area contributed by atoms with E-state index in [4.69, 9.17) is 39.5 Å². The van der Waals surface area contributed by atoms with E-state index in [2.05, 4.69) is 15.4 Å². The fraction of sp³-hybridized carbons (Fsp3) is 0.382. The van der Waals surface area contributed by atoms with E-state index in [-0.39, 0.29) is 36.8 Å². The van der Waals surface area contributed by atoms with Gasteiger partial charge >= 0.3 is 0 Å². The molecular formula is C34H36Cl3N3O6S. The molecule has 0 aromatic heterocycles. The molecular weight excluding hydrogens is 685 g/mol. The zero-order valence-corrected chi connectivity index (χ0v) is 29.5. The van der Waals surface area contributed by atoms with Crippen LogP contribution in [-0.2, 0) is 29.8 Å². The number of benzene rings is 3. The Bertz CT molecular complexity index is 1860. The summed E-state index contributed by atoms with van der Waals surface area (Å²) in [5.74, 6) is -2.16. The lowest BCUT2D eigenvalue weighted by Crippen LogP contribution is -2.57. The monoisotopic (exact) mass is 719 g/mol. The Morgan fingerprint density at radius 3 is 2.19 bits per heavy atom. The van der Waals surface area contributed by atoms with Crippen molar-refractivity contribution in [3.8, 4) is 5.75 Å². The van der Waals surface area contributed by atoms with Crippen LogP contribution >= 0.6 is 34.8 Å². The second kappa shape index (κ2) is 13.3. The number of halogens is 3. The molecule has 5 rings (SSSR count). The highest BCUT2D eigenvalue weighted by Crippen LogP contribution is 2.59. The van der Waals surface area contributed by atoms with Gasteiger partial charge in [-0.05, 0) is 78.9 Å². The molecule has 0 unspecified atom stereocenters. The zero-order valence-electron chi connectivity index (χ0n) is 26.4. The molecule has 3 N–H and O–H groups in total. The van der Waals surface area contributed by atoms with Crippen molar-refractivity contribution in [3.05, 3.63) is 91.9 Å². The number of aryl methyl sites for hydroxylation is 1. The van der Waals surface area contributed by atoms with Gasteiger partial charge in [0.15, 0.2) is 5.60 Å². The van der Waals surface area contributed by atoms with Gasteiger partial charge in [-0.1, -0.05) is 73.6 Å². The Morgan fingerprint density at radius 1 is 0.957 bits per heavy atom. The summed E-state index contributed by atoms with van der Waals surface area (Å²) in [6.45, 7) is 5.62. The molecule has 0 radical (unpaired) electrons. The van der Waals surface area contributed by atoms with Crippen molar-refractivity contribution in [2.75, 3.05) is 11.6 Å². The average molecular weight is 721 g/mol. The van der Waals surface area contributed by atoms with E-state index >= 15 is 0 Å². The van der Waals surface area contributed by atoms with Crippen LogP contribution in [0.15, 0.2) is 54.6 Å². The van der Waals surface area contributed by atoms with Gasteiger partial charge in [0, 0.05) is 38.7 Å². The summed E-state index contributed by atoms with van der Waals surface area (Å²) < 4.78 is 33.2. The summed E-state index contributed by atoms with van der Waals surface area (Å²) in [5, 5.41) is 7.25. The predicted molar refractivity (Wildman–Crippen MR) is 184 cm³/mol. The van der Waals surface area contributed by atoms with Crippen LogP contribution < -0.4 is 20.1 Å². The van der Waals surface area contributed by atoms with Gasteiger partial charge < -0.3 is 15.4 Å². The third kappa shape index (κ3) is 6.57. The highest BCUT2D eigenvalue weighted by Gasteiger charge is 2.62. The summed E-state index contributed by atoms with van der Waals surface area (Å²) in [7, 11) is -3.92. The van der Waals surface area contributed by atoms with Crippen molar-refractivity contribution in [1.29, 1.82) is 0 Å². The van der Waals surface area contributed by atoms with Crippen molar-refractivity contribution < 1.29 is 27.5 Å². The van der Waals surface area contributed by atoms with Gasteiger partial charge in [-0.15, -0.1) is 0 Å². The lowest BCUT2D eigenvalue weighted by molar-refractivity contribution is -0.137. The highest BCUT2D eigenvalue weighted by molar-refractivity contribution is 7.89. The molecule has 2 aliphatic heterocycles. The number of rotatable bonds is 10. The first-order valence-electron chi connectivity index (χ1n) is 15.3. The maximum Gasteiger partial charge on any atom is 0.277 e. The standard InChI is InChI=1S/C34H36Cl3N3O6S/c1-5-13-33(14-6-2,31(42)40-47(4,44)45)46-28-12-10-21(36)16-24(28)26-18-29(41)39-30(23-15-20(35)8-7-19(23)3)34(26)25-11-9-22(37)17-27(25)38-32(34)43/h7-12,15-17,26,30H,5-6,13-14,18H2,1-4H3,(H,38,43)(H,39,41)(H,40,42)/t26-,30+,34-/m0/s1. The number of carbonyl (C=O) groups excluding carboxylic acids is 3. The zero-order chi connectivity index (χ0) is 34.3.